The lowest BCUT2D eigenvalue weighted by atomic mass is 9.90. The van der Waals surface area contributed by atoms with Crippen molar-refractivity contribution >= 4 is 24.0 Å². The van der Waals surface area contributed by atoms with E-state index in [1.165, 1.54) is 11.6 Å². The van der Waals surface area contributed by atoms with Gasteiger partial charge in [0.05, 0.1) is 5.02 Å². The largest absolute Gasteiger partial charge is 0.485 e. The molecule has 1 aliphatic rings. The summed E-state index contributed by atoms with van der Waals surface area (Å²) in [6.45, 7) is 3.78. The summed E-state index contributed by atoms with van der Waals surface area (Å²) in [4.78, 5) is 0. The minimum atomic E-state index is -0.404. The second-order valence-corrected chi connectivity index (χ2v) is 5.85. The molecule has 3 rings (SSSR count). The lowest BCUT2D eigenvalue weighted by Crippen LogP contribution is -2.46. The van der Waals surface area contributed by atoms with Crippen LogP contribution in [0, 0.1) is 18.7 Å². The Kier molecular flexibility index (Phi) is 5.68. The molecular weight excluding hydrogens is 324 g/mol. The first-order chi connectivity index (χ1) is 10.1. The lowest BCUT2D eigenvalue weighted by Gasteiger charge is -2.35. The molecule has 118 valence electrons. The summed E-state index contributed by atoms with van der Waals surface area (Å²) in [5, 5.41) is 3.37. The summed E-state index contributed by atoms with van der Waals surface area (Å²) in [7, 11) is 0. The van der Waals surface area contributed by atoms with E-state index in [1.54, 1.807) is 6.07 Å². The van der Waals surface area contributed by atoms with E-state index < -0.39 is 5.82 Å². The van der Waals surface area contributed by atoms with Crippen molar-refractivity contribution in [1.82, 2.24) is 5.32 Å². The molecule has 2 aromatic carbocycles. The van der Waals surface area contributed by atoms with E-state index in [1.807, 2.05) is 37.3 Å². The van der Waals surface area contributed by atoms with E-state index in [0.717, 1.165) is 24.4 Å². The Morgan fingerprint density at radius 3 is 2.41 bits per heavy atom. The van der Waals surface area contributed by atoms with Gasteiger partial charge < -0.3 is 10.1 Å². The smallest absolute Gasteiger partial charge is 0.142 e. The zero-order valence-corrected chi connectivity index (χ0v) is 13.8. The van der Waals surface area contributed by atoms with Gasteiger partial charge in [-0.25, -0.2) is 4.39 Å². The Balaban J connectivity index is 0.00000176. The molecule has 2 nitrogen and oxygen atoms in total. The van der Waals surface area contributed by atoms with Crippen LogP contribution in [0.2, 0.25) is 5.02 Å². The van der Waals surface area contributed by atoms with Gasteiger partial charge in [-0.1, -0.05) is 35.4 Å². The van der Waals surface area contributed by atoms with Crippen molar-refractivity contribution in [2.75, 3.05) is 13.1 Å². The highest BCUT2D eigenvalue weighted by molar-refractivity contribution is 6.30. The maximum Gasteiger partial charge on any atom is 0.142 e. The second kappa shape index (κ2) is 7.32. The van der Waals surface area contributed by atoms with E-state index in [4.69, 9.17) is 16.3 Å². The predicted molar refractivity (Wildman–Crippen MR) is 89.6 cm³/mol. The average molecular weight is 342 g/mol. The number of hydrogen-bond donors (Lipinski definition) is 1. The Bertz CT molecular complexity index is 629. The van der Waals surface area contributed by atoms with Crippen LogP contribution >= 0.6 is 24.0 Å². The third kappa shape index (κ3) is 3.72. The normalized spacial score (nSPS) is 15.6. The Labute approximate surface area is 141 Å². The molecule has 0 radical (unpaired) electrons. The van der Waals surface area contributed by atoms with Crippen LogP contribution < -0.4 is 10.1 Å². The number of hydrogen-bond acceptors (Lipinski definition) is 2. The number of aryl methyl sites for hydroxylation is 1. The minimum absolute atomic E-state index is 0. The topological polar surface area (TPSA) is 21.3 Å². The monoisotopic (exact) mass is 341 g/mol. The number of ether oxygens (including phenoxy) is 1. The van der Waals surface area contributed by atoms with Gasteiger partial charge in [-0.05, 0) is 36.8 Å². The van der Waals surface area contributed by atoms with Crippen molar-refractivity contribution < 1.29 is 9.13 Å². The van der Waals surface area contributed by atoms with Gasteiger partial charge in [0.1, 0.15) is 17.7 Å². The highest BCUT2D eigenvalue weighted by Crippen LogP contribution is 2.32. The molecule has 1 saturated heterocycles. The van der Waals surface area contributed by atoms with Crippen molar-refractivity contribution in [2.24, 2.45) is 5.92 Å². The summed E-state index contributed by atoms with van der Waals surface area (Å²) in [6.07, 6.45) is -0.166. The molecule has 1 atom stereocenters. The molecule has 0 aromatic heterocycles. The fourth-order valence-electron chi connectivity index (χ4n) is 2.41. The summed E-state index contributed by atoms with van der Waals surface area (Å²) < 4.78 is 19.8. The van der Waals surface area contributed by atoms with Crippen LogP contribution in [0.5, 0.6) is 5.75 Å². The molecule has 0 saturated carbocycles. The molecule has 1 heterocycles. The highest BCUT2D eigenvalue weighted by Gasteiger charge is 2.30. The maximum absolute atomic E-state index is 13.7. The fraction of sp³-hybridized carbons (Fsp3) is 0.294. The van der Waals surface area contributed by atoms with Gasteiger partial charge in [0, 0.05) is 19.0 Å². The minimum Gasteiger partial charge on any atom is -0.485 e. The number of nitrogens with one attached hydrogen (secondary N) is 1. The van der Waals surface area contributed by atoms with Crippen LogP contribution in [0.3, 0.4) is 0 Å². The van der Waals surface area contributed by atoms with Gasteiger partial charge in [-0.15, -0.1) is 12.4 Å². The standard InChI is InChI=1S/C17H17ClFNO.ClH/c1-11-2-5-14(6-3-11)21-17(13-9-20-10-13)12-4-7-15(18)16(19)8-12;/h2-8,13,17,20H,9-10H2,1H3;1H/t17-;/m1./s1. The lowest BCUT2D eigenvalue weighted by molar-refractivity contribution is 0.0990. The van der Waals surface area contributed by atoms with Crippen LogP contribution in [-0.2, 0) is 0 Å². The number of halogens is 3. The molecule has 0 amide bonds. The van der Waals surface area contributed by atoms with Crippen LogP contribution in [0.25, 0.3) is 0 Å². The van der Waals surface area contributed by atoms with Gasteiger partial charge >= 0.3 is 0 Å². The zero-order chi connectivity index (χ0) is 14.8. The SMILES string of the molecule is Cc1ccc(O[C@H](c2ccc(Cl)c(F)c2)C2CNC2)cc1.Cl. The number of rotatable bonds is 4. The fourth-order valence-corrected chi connectivity index (χ4v) is 2.53. The van der Waals surface area contributed by atoms with Gasteiger partial charge in [-0.3, -0.25) is 0 Å². The van der Waals surface area contributed by atoms with Crippen LogP contribution in [0.1, 0.15) is 17.2 Å². The molecule has 5 heteroatoms. The molecule has 0 spiro atoms. The molecule has 0 unspecified atom stereocenters. The molecular formula is C17H18Cl2FNO. The molecule has 0 bridgehead atoms. The Hall–Kier alpha value is -1.29. The molecule has 1 fully saturated rings. The highest BCUT2D eigenvalue weighted by atomic mass is 35.5. The molecule has 0 aliphatic carbocycles. The molecule has 1 aliphatic heterocycles. The van der Waals surface area contributed by atoms with Crippen molar-refractivity contribution in [3.63, 3.8) is 0 Å². The zero-order valence-electron chi connectivity index (χ0n) is 12.2. The first-order valence-electron chi connectivity index (χ1n) is 7.02. The Morgan fingerprint density at radius 2 is 1.86 bits per heavy atom. The molecule has 1 N–H and O–H groups in total. The first-order valence-corrected chi connectivity index (χ1v) is 7.40. The van der Waals surface area contributed by atoms with E-state index in [2.05, 4.69) is 5.32 Å². The van der Waals surface area contributed by atoms with E-state index in [-0.39, 0.29) is 23.5 Å². The van der Waals surface area contributed by atoms with Crippen LogP contribution in [0.15, 0.2) is 42.5 Å². The van der Waals surface area contributed by atoms with Crippen LogP contribution in [0.4, 0.5) is 4.39 Å². The third-order valence-corrected chi connectivity index (χ3v) is 4.10. The molecule has 2 aromatic rings. The third-order valence-electron chi connectivity index (χ3n) is 3.80. The van der Waals surface area contributed by atoms with Gasteiger partial charge in [0.25, 0.3) is 0 Å². The quantitative estimate of drug-likeness (QED) is 0.880. The van der Waals surface area contributed by atoms with Gasteiger partial charge in [-0.2, -0.15) is 0 Å². The Morgan fingerprint density at radius 1 is 1.18 bits per heavy atom. The predicted octanol–water partition coefficient (Wildman–Crippen LogP) is 4.55. The van der Waals surface area contributed by atoms with Crippen LogP contribution in [-0.4, -0.2) is 13.1 Å². The maximum atomic E-state index is 13.7. The van der Waals surface area contributed by atoms with Crippen molar-refractivity contribution in [1.29, 1.82) is 0 Å². The summed E-state index contributed by atoms with van der Waals surface area (Å²) in [5.41, 5.74) is 2.01. The van der Waals surface area contributed by atoms with E-state index in [0.29, 0.717) is 5.92 Å². The van der Waals surface area contributed by atoms with Crippen molar-refractivity contribution in [3.8, 4) is 5.75 Å². The second-order valence-electron chi connectivity index (χ2n) is 5.44. The first kappa shape index (κ1) is 17.1. The average Bonchev–Trinajstić information content (AvgIpc) is 2.41. The van der Waals surface area contributed by atoms with E-state index in [9.17, 15) is 4.39 Å². The number of benzene rings is 2. The summed E-state index contributed by atoms with van der Waals surface area (Å²) >= 11 is 5.76. The van der Waals surface area contributed by atoms with Crippen molar-refractivity contribution in [3.05, 3.63) is 64.4 Å². The van der Waals surface area contributed by atoms with Gasteiger partial charge in [0.2, 0.25) is 0 Å². The molecule has 22 heavy (non-hydrogen) atoms. The summed E-state index contributed by atoms with van der Waals surface area (Å²) in [6, 6.07) is 12.8. The van der Waals surface area contributed by atoms with Gasteiger partial charge in [0.15, 0.2) is 0 Å². The van der Waals surface area contributed by atoms with Crippen molar-refractivity contribution in [2.45, 2.75) is 13.0 Å². The summed E-state index contributed by atoms with van der Waals surface area (Å²) in [5.74, 6) is 0.735. The van der Waals surface area contributed by atoms with E-state index >= 15 is 0 Å².